The van der Waals surface area contributed by atoms with Gasteiger partial charge in [0, 0.05) is 25.0 Å². The molecule has 0 saturated carbocycles. The summed E-state index contributed by atoms with van der Waals surface area (Å²) >= 11 is 0. The van der Waals surface area contributed by atoms with Crippen LogP contribution in [0, 0.1) is 0 Å². The molecule has 0 spiro atoms. The summed E-state index contributed by atoms with van der Waals surface area (Å²) in [6.07, 6.45) is 3.48. The number of hydrogen-bond donors (Lipinski definition) is 1. The highest BCUT2D eigenvalue weighted by atomic mass is 19.1. The number of hydrogen-bond acceptors (Lipinski definition) is 2. The van der Waals surface area contributed by atoms with Crippen LogP contribution in [0.2, 0.25) is 0 Å². The zero-order chi connectivity index (χ0) is 8.81. The first kappa shape index (κ1) is 9.13. The van der Waals surface area contributed by atoms with Gasteiger partial charge in [-0.25, -0.2) is 4.39 Å². The van der Waals surface area contributed by atoms with Gasteiger partial charge in [0.05, 0.1) is 0 Å². The average Bonchev–Trinajstić information content (AvgIpc) is 2.15. The van der Waals surface area contributed by atoms with Gasteiger partial charge in [0.15, 0.2) is 0 Å². The Morgan fingerprint density at radius 3 is 2.75 bits per heavy atom. The van der Waals surface area contributed by atoms with Crippen molar-refractivity contribution in [3.05, 3.63) is 30.1 Å². The van der Waals surface area contributed by atoms with E-state index in [2.05, 4.69) is 10.3 Å². The zero-order valence-electron chi connectivity index (χ0n) is 7.13. The Bertz CT molecular complexity index is 213. The molecule has 0 radical (unpaired) electrons. The third-order valence-corrected chi connectivity index (χ3v) is 1.75. The summed E-state index contributed by atoms with van der Waals surface area (Å²) in [4.78, 5) is 3.91. The van der Waals surface area contributed by atoms with Gasteiger partial charge >= 0.3 is 0 Å². The van der Waals surface area contributed by atoms with Crippen molar-refractivity contribution in [1.82, 2.24) is 10.3 Å². The van der Waals surface area contributed by atoms with Crippen LogP contribution in [-0.4, -0.2) is 18.2 Å². The summed E-state index contributed by atoms with van der Waals surface area (Å²) in [5, 5.41) is 3.05. The van der Waals surface area contributed by atoms with Crippen LogP contribution in [0.5, 0.6) is 0 Å². The molecule has 1 aromatic heterocycles. The summed E-state index contributed by atoms with van der Waals surface area (Å²) < 4.78 is 11.8. The maximum atomic E-state index is 11.8. The van der Waals surface area contributed by atoms with Crippen LogP contribution < -0.4 is 5.32 Å². The Morgan fingerprint density at radius 2 is 2.17 bits per heavy atom. The van der Waals surface area contributed by atoms with Crippen LogP contribution in [0.3, 0.4) is 0 Å². The van der Waals surface area contributed by atoms with Crippen molar-refractivity contribution in [3.8, 4) is 0 Å². The second kappa shape index (κ2) is 4.83. The Labute approximate surface area is 71.8 Å². The largest absolute Gasteiger partial charge is 0.308 e. The topological polar surface area (TPSA) is 24.9 Å². The van der Waals surface area contributed by atoms with E-state index in [1.807, 2.05) is 19.1 Å². The number of aromatic nitrogens is 1. The van der Waals surface area contributed by atoms with Crippen molar-refractivity contribution < 1.29 is 4.39 Å². The molecule has 12 heavy (non-hydrogen) atoms. The van der Waals surface area contributed by atoms with Gasteiger partial charge in [-0.05, 0) is 24.6 Å². The molecular weight excluding hydrogens is 155 g/mol. The first-order valence-corrected chi connectivity index (χ1v) is 4.04. The monoisotopic (exact) mass is 168 g/mol. The molecule has 2 nitrogen and oxygen atoms in total. The fourth-order valence-corrected chi connectivity index (χ4v) is 1.04. The van der Waals surface area contributed by atoms with Gasteiger partial charge in [0.2, 0.25) is 0 Å². The summed E-state index contributed by atoms with van der Waals surface area (Å²) in [5.74, 6) is 0. The van der Waals surface area contributed by atoms with Gasteiger partial charge in [-0.1, -0.05) is 0 Å². The predicted octanol–water partition coefficient (Wildman–Crippen LogP) is 1.70. The van der Waals surface area contributed by atoms with E-state index < -0.39 is 0 Å². The lowest BCUT2D eigenvalue weighted by atomic mass is 10.1. The van der Waals surface area contributed by atoms with Crippen LogP contribution in [0.25, 0.3) is 0 Å². The van der Waals surface area contributed by atoms with Gasteiger partial charge in [0.25, 0.3) is 0 Å². The third kappa shape index (κ3) is 2.58. The van der Waals surface area contributed by atoms with Crippen molar-refractivity contribution in [2.24, 2.45) is 0 Å². The smallest absolute Gasteiger partial charge is 0.102 e. The van der Waals surface area contributed by atoms with Gasteiger partial charge in [-0.15, -0.1) is 0 Å². The Morgan fingerprint density at radius 1 is 1.50 bits per heavy atom. The molecule has 3 heteroatoms. The normalized spacial score (nSPS) is 12.8. The average molecular weight is 168 g/mol. The molecular formula is C9H13FN2. The van der Waals surface area contributed by atoms with E-state index in [4.69, 9.17) is 0 Å². The van der Waals surface area contributed by atoms with Gasteiger partial charge in [-0.2, -0.15) is 0 Å². The number of halogens is 1. The van der Waals surface area contributed by atoms with E-state index >= 15 is 0 Å². The van der Waals surface area contributed by atoms with E-state index in [-0.39, 0.29) is 12.7 Å². The molecule has 0 aromatic carbocycles. The fraction of sp³-hybridized carbons (Fsp3) is 0.444. The SMILES string of the molecule is CC(NCCF)c1ccncc1. The molecule has 0 aliphatic carbocycles. The summed E-state index contributed by atoms with van der Waals surface area (Å²) in [6.45, 7) is 2.09. The molecule has 1 rings (SSSR count). The zero-order valence-corrected chi connectivity index (χ0v) is 7.13. The summed E-state index contributed by atoms with van der Waals surface area (Å²) in [7, 11) is 0. The molecule has 1 unspecified atom stereocenters. The first-order chi connectivity index (χ1) is 5.84. The molecule has 1 heterocycles. The van der Waals surface area contributed by atoms with E-state index in [9.17, 15) is 4.39 Å². The summed E-state index contributed by atoms with van der Waals surface area (Å²) in [5.41, 5.74) is 1.14. The maximum absolute atomic E-state index is 11.8. The highest BCUT2D eigenvalue weighted by Crippen LogP contribution is 2.08. The lowest BCUT2D eigenvalue weighted by Gasteiger charge is -2.11. The molecule has 0 saturated heterocycles. The maximum Gasteiger partial charge on any atom is 0.102 e. The lowest BCUT2D eigenvalue weighted by Crippen LogP contribution is -2.20. The highest BCUT2D eigenvalue weighted by Gasteiger charge is 2.01. The number of pyridine rings is 1. The number of rotatable bonds is 4. The van der Waals surface area contributed by atoms with Crippen molar-refractivity contribution >= 4 is 0 Å². The predicted molar refractivity (Wildman–Crippen MR) is 46.6 cm³/mol. The van der Waals surface area contributed by atoms with Crippen LogP contribution in [0.15, 0.2) is 24.5 Å². The lowest BCUT2D eigenvalue weighted by molar-refractivity contribution is 0.444. The number of nitrogens with one attached hydrogen (secondary N) is 1. The quantitative estimate of drug-likeness (QED) is 0.740. The molecule has 1 atom stereocenters. The Kier molecular flexibility index (Phi) is 3.67. The van der Waals surface area contributed by atoms with Crippen molar-refractivity contribution in [1.29, 1.82) is 0 Å². The Hall–Kier alpha value is -0.960. The minimum atomic E-state index is -0.324. The van der Waals surface area contributed by atoms with Crippen LogP contribution in [0.1, 0.15) is 18.5 Å². The minimum Gasteiger partial charge on any atom is -0.308 e. The summed E-state index contributed by atoms with van der Waals surface area (Å²) in [6, 6.07) is 4.05. The van der Waals surface area contributed by atoms with Gasteiger partial charge in [-0.3, -0.25) is 4.98 Å². The molecule has 1 aromatic rings. The van der Waals surface area contributed by atoms with Crippen molar-refractivity contribution in [2.75, 3.05) is 13.2 Å². The van der Waals surface area contributed by atoms with Crippen molar-refractivity contribution in [3.63, 3.8) is 0 Å². The number of nitrogens with zero attached hydrogens (tertiary/aromatic N) is 1. The van der Waals surface area contributed by atoms with E-state index in [1.54, 1.807) is 12.4 Å². The van der Waals surface area contributed by atoms with Crippen molar-refractivity contribution in [2.45, 2.75) is 13.0 Å². The van der Waals surface area contributed by atoms with E-state index in [1.165, 1.54) is 0 Å². The van der Waals surface area contributed by atoms with Gasteiger partial charge < -0.3 is 5.32 Å². The molecule has 0 amide bonds. The van der Waals surface area contributed by atoms with E-state index in [0.717, 1.165) is 5.56 Å². The minimum absolute atomic E-state index is 0.198. The molecule has 0 aliphatic heterocycles. The molecule has 66 valence electrons. The van der Waals surface area contributed by atoms with Crippen LogP contribution in [0.4, 0.5) is 4.39 Å². The molecule has 0 bridgehead atoms. The molecule has 0 aliphatic rings. The second-order valence-electron chi connectivity index (χ2n) is 2.65. The molecule has 0 fully saturated rings. The standard InChI is InChI=1S/C9H13FN2/c1-8(12-7-4-10)9-2-5-11-6-3-9/h2-3,5-6,8,12H,4,7H2,1H3. The molecule has 1 N–H and O–H groups in total. The van der Waals surface area contributed by atoms with Crippen LogP contribution in [-0.2, 0) is 0 Å². The Balaban J connectivity index is 2.48. The first-order valence-electron chi connectivity index (χ1n) is 4.04. The van der Waals surface area contributed by atoms with Crippen LogP contribution >= 0.6 is 0 Å². The third-order valence-electron chi connectivity index (χ3n) is 1.75. The second-order valence-corrected chi connectivity index (χ2v) is 2.65. The highest BCUT2D eigenvalue weighted by molar-refractivity contribution is 5.13. The van der Waals surface area contributed by atoms with Gasteiger partial charge in [0.1, 0.15) is 6.67 Å². The number of alkyl halides is 1. The fourth-order valence-electron chi connectivity index (χ4n) is 1.04. The van der Waals surface area contributed by atoms with E-state index in [0.29, 0.717) is 6.54 Å².